The number of hydrogen-bond acceptors (Lipinski definition) is 3. The summed E-state index contributed by atoms with van der Waals surface area (Å²) in [5.41, 5.74) is 2.48. The maximum Gasteiger partial charge on any atom is 0.261 e. The number of rotatable bonds is 4. The summed E-state index contributed by atoms with van der Waals surface area (Å²) in [6.07, 6.45) is 1.14. The summed E-state index contributed by atoms with van der Waals surface area (Å²) in [4.78, 5) is 16.7. The monoisotopic (exact) mass is 314 g/mol. The summed E-state index contributed by atoms with van der Waals surface area (Å²) in [5, 5.41) is 3.10. The van der Waals surface area contributed by atoms with Gasteiger partial charge in [-0.3, -0.25) is 4.79 Å². The van der Waals surface area contributed by atoms with E-state index < -0.39 is 0 Å². The average molecular weight is 314 g/mol. The predicted octanol–water partition coefficient (Wildman–Crippen LogP) is 3.62. The molecule has 0 spiro atoms. The van der Waals surface area contributed by atoms with Gasteiger partial charge in [-0.1, -0.05) is 18.2 Å². The molecule has 1 aromatic carbocycles. The van der Waals surface area contributed by atoms with Gasteiger partial charge < -0.3 is 10.2 Å². The fraction of sp³-hybridized carbons (Fsp3) is 0.389. The van der Waals surface area contributed by atoms with Crippen LogP contribution in [0.1, 0.15) is 26.5 Å². The number of carbonyl (C=O) groups is 1. The Hall–Kier alpha value is -1.81. The first-order valence-corrected chi connectivity index (χ1v) is 8.60. The Morgan fingerprint density at radius 2 is 2.09 bits per heavy atom. The molecule has 1 aliphatic heterocycles. The van der Waals surface area contributed by atoms with Crippen molar-refractivity contribution in [2.75, 3.05) is 24.5 Å². The molecular formula is C18H22N2OS. The van der Waals surface area contributed by atoms with Gasteiger partial charge in [0.2, 0.25) is 0 Å². The first-order valence-electron chi connectivity index (χ1n) is 7.78. The third-order valence-electron chi connectivity index (χ3n) is 4.35. The molecule has 2 heterocycles. The Kier molecular flexibility index (Phi) is 4.48. The highest BCUT2D eigenvalue weighted by Gasteiger charge is 2.23. The van der Waals surface area contributed by atoms with Crippen LogP contribution in [0.2, 0.25) is 0 Å². The molecule has 4 heteroatoms. The van der Waals surface area contributed by atoms with Crippen LogP contribution in [0.4, 0.5) is 5.69 Å². The minimum Gasteiger partial charge on any atom is -0.371 e. The Balaban J connectivity index is 1.51. The Labute approximate surface area is 136 Å². The number of anilines is 1. The molecule has 0 aliphatic carbocycles. The van der Waals surface area contributed by atoms with Gasteiger partial charge >= 0.3 is 0 Å². The molecule has 3 rings (SSSR count). The number of nitrogens with zero attached hydrogens (tertiary/aromatic N) is 1. The second-order valence-corrected chi connectivity index (χ2v) is 7.25. The lowest BCUT2D eigenvalue weighted by molar-refractivity contribution is 0.0952. The van der Waals surface area contributed by atoms with Crippen molar-refractivity contribution >= 4 is 22.9 Å². The molecule has 22 heavy (non-hydrogen) atoms. The van der Waals surface area contributed by atoms with Crippen LogP contribution in [-0.2, 0) is 0 Å². The molecule has 1 atom stereocenters. The molecule has 2 aromatic rings. The van der Waals surface area contributed by atoms with Gasteiger partial charge in [0.1, 0.15) is 0 Å². The number of nitrogens with one attached hydrogen (secondary N) is 1. The number of hydrogen-bond donors (Lipinski definition) is 1. The molecule has 1 amide bonds. The molecular weight excluding hydrogens is 292 g/mol. The van der Waals surface area contributed by atoms with Crippen LogP contribution in [0.3, 0.4) is 0 Å². The SMILES string of the molecule is Cc1cc(C(=O)NC[C@H]2CCN(c3ccccc3)C2)sc1C. The van der Waals surface area contributed by atoms with Crippen molar-refractivity contribution in [3.63, 3.8) is 0 Å². The second-order valence-electron chi connectivity index (χ2n) is 6.00. The Morgan fingerprint density at radius 1 is 1.32 bits per heavy atom. The third-order valence-corrected chi connectivity index (χ3v) is 5.50. The fourth-order valence-electron chi connectivity index (χ4n) is 2.88. The lowest BCUT2D eigenvalue weighted by Crippen LogP contribution is -2.30. The van der Waals surface area contributed by atoms with E-state index in [1.165, 1.54) is 16.1 Å². The zero-order valence-electron chi connectivity index (χ0n) is 13.1. The highest BCUT2D eigenvalue weighted by Crippen LogP contribution is 2.24. The highest BCUT2D eigenvalue weighted by atomic mass is 32.1. The minimum absolute atomic E-state index is 0.0689. The lowest BCUT2D eigenvalue weighted by Gasteiger charge is -2.18. The van der Waals surface area contributed by atoms with E-state index in [0.29, 0.717) is 5.92 Å². The number of aryl methyl sites for hydroxylation is 2. The van der Waals surface area contributed by atoms with Gasteiger partial charge in [0.15, 0.2) is 0 Å². The van der Waals surface area contributed by atoms with Crippen molar-refractivity contribution in [3.8, 4) is 0 Å². The van der Waals surface area contributed by atoms with Crippen molar-refractivity contribution in [2.24, 2.45) is 5.92 Å². The van der Waals surface area contributed by atoms with E-state index in [-0.39, 0.29) is 5.91 Å². The summed E-state index contributed by atoms with van der Waals surface area (Å²) in [5.74, 6) is 0.602. The highest BCUT2D eigenvalue weighted by molar-refractivity contribution is 7.14. The molecule has 1 fully saturated rings. The van der Waals surface area contributed by atoms with E-state index in [1.54, 1.807) is 11.3 Å². The van der Waals surface area contributed by atoms with E-state index >= 15 is 0 Å². The summed E-state index contributed by atoms with van der Waals surface area (Å²) < 4.78 is 0. The van der Waals surface area contributed by atoms with Gasteiger partial charge in [0, 0.05) is 30.2 Å². The summed E-state index contributed by atoms with van der Waals surface area (Å²) in [7, 11) is 0. The zero-order valence-corrected chi connectivity index (χ0v) is 14.0. The van der Waals surface area contributed by atoms with Crippen molar-refractivity contribution in [2.45, 2.75) is 20.3 Å². The quantitative estimate of drug-likeness (QED) is 0.935. The number of benzene rings is 1. The van der Waals surface area contributed by atoms with Gasteiger partial charge in [-0.05, 0) is 49.9 Å². The fourth-order valence-corrected chi connectivity index (χ4v) is 3.83. The zero-order chi connectivity index (χ0) is 15.5. The maximum absolute atomic E-state index is 12.2. The third kappa shape index (κ3) is 3.33. The summed E-state index contributed by atoms with van der Waals surface area (Å²) in [6, 6.07) is 12.5. The van der Waals surface area contributed by atoms with Crippen molar-refractivity contribution in [1.82, 2.24) is 5.32 Å². The Morgan fingerprint density at radius 3 is 2.77 bits per heavy atom. The van der Waals surface area contributed by atoms with E-state index in [1.807, 2.05) is 12.1 Å². The van der Waals surface area contributed by atoms with Gasteiger partial charge in [0.05, 0.1) is 4.88 Å². The van der Waals surface area contributed by atoms with Crippen LogP contribution in [0.5, 0.6) is 0 Å². The molecule has 116 valence electrons. The molecule has 1 saturated heterocycles. The maximum atomic E-state index is 12.2. The van der Waals surface area contributed by atoms with Gasteiger partial charge in [-0.2, -0.15) is 0 Å². The standard InChI is InChI=1S/C18H22N2OS/c1-13-10-17(22-14(13)2)18(21)19-11-15-8-9-20(12-15)16-6-4-3-5-7-16/h3-7,10,15H,8-9,11-12H2,1-2H3,(H,19,21)/t15-/m1/s1. The molecule has 1 aliphatic rings. The molecule has 0 bridgehead atoms. The number of thiophene rings is 1. The van der Waals surface area contributed by atoms with Gasteiger partial charge in [-0.25, -0.2) is 0 Å². The van der Waals surface area contributed by atoms with E-state index in [2.05, 4.69) is 48.3 Å². The first kappa shape index (κ1) is 15.1. The van der Waals surface area contributed by atoms with Crippen LogP contribution in [-0.4, -0.2) is 25.5 Å². The predicted molar refractivity (Wildman–Crippen MR) is 92.9 cm³/mol. The molecule has 0 saturated carbocycles. The second kappa shape index (κ2) is 6.53. The van der Waals surface area contributed by atoms with Gasteiger partial charge in [-0.15, -0.1) is 11.3 Å². The molecule has 1 aromatic heterocycles. The number of carbonyl (C=O) groups excluding carboxylic acids is 1. The van der Waals surface area contributed by atoms with E-state index in [0.717, 1.165) is 30.9 Å². The van der Waals surface area contributed by atoms with Crippen LogP contribution in [0.15, 0.2) is 36.4 Å². The van der Waals surface area contributed by atoms with E-state index in [4.69, 9.17) is 0 Å². The minimum atomic E-state index is 0.0689. The molecule has 1 N–H and O–H groups in total. The number of amides is 1. The van der Waals surface area contributed by atoms with Crippen LogP contribution < -0.4 is 10.2 Å². The first-order chi connectivity index (χ1) is 10.6. The summed E-state index contributed by atoms with van der Waals surface area (Å²) >= 11 is 1.58. The average Bonchev–Trinajstić information content (AvgIpc) is 3.13. The van der Waals surface area contributed by atoms with Crippen molar-refractivity contribution < 1.29 is 4.79 Å². The van der Waals surface area contributed by atoms with Crippen LogP contribution >= 0.6 is 11.3 Å². The van der Waals surface area contributed by atoms with Crippen molar-refractivity contribution in [1.29, 1.82) is 0 Å². The molecule has 0 radical (unpaired) electrons. The number of para-hydroxylation sites is 1. The lowest BCUT2D eigenvalue weighted by atomic mass is 10.1. The van der Waals surface area contributed by atoms with Gasteiger partial charge in [0.25, 0.3) is 5.91 Å². The van der Waals surface area contributed by atoms with Crippen LogP contribution in [0, 0.1) is 19.8 Å². The smallest absolute Gasteiger partial charge is 0.261 e. The van der Waals surface area contributed by atoms with E-state index in [9.17, 15) is 4.79 Å². The molecule has 3 nitrogen and oxygen atoms in total. The topological polar surface area (TPSA) is 32.3 Å². The summed E-state index contributed by atoms with van der Waals surface area (Å²) in [6.45, 7) is 6.97. The largest absolute Gasteiger partial charge is 0.371 e. The van der Waals surface area contributed by atoms with Crippen molar-refractivity contribution in [3.05, 3.63) is 51.7 Å². The molecule has 0 unspecified atom stereocenters. The van der Waals surface area contributed by atoms with Crippen LogP contribution in [0.25, 0.3) is 0 Å². The Bertz CT molecular complexity index is 631. The normalized spacial score (nSPS) is 17.7.